The number of ether oxygens (including phenoxy) is 1. The molecule has 0 aliphatic rings. The molecular formula is C17H22N2O3. The Bertz CT molecular complexity index is 545. The Morgan fingerprint density at radius 3 is 2.50 bits per heavy atom. The van der Waals surface area contributed by atoms with Crippen LogP contribution in [0.5, 0.6) is 5.75 Å². The fraction of sp³-hybridized carbons (Fsp3) is 0.294. The van der Waals surface area contributed by atoms with Gasteiger partial charge < -0.3 is 15.0 Å². The van der Waals surface area contributed by atoms with Crippen LogP contribution in [0.3, 0.4) is 0 Å². The maximum Gasteiger partial charge on any atom is 0.252 e. The molecule has 0 aliphatic carbocycles. The van der Waals surface area contributed by atoms with Crippen LogP contribution in [0, 0.1) is 0 Å². The number of nitrogens with one attached hydrogen (secondary N) is 1. The number of rotatable bonds is 8. The smallest absolute Gasteiger partial charge is 0.252 e. The average molecular weight is 302 g/mol. The molecular weight excluding hydrogens is 280 g/mol. The topological polar surface area (TPSA) is 58.6 Å². The highest BCUT2D eigenvalue weighted by Gasteiger charge is 2.21. The highest BCUT2D eigenvalue weighted by molar-refractivity contribution is 5.97. The van der Waals surface area contributed by atoms with Crippen molar-refractivity contribution in [2.24, 2.45) is 0 Å². The second-order valence-electron chi connectivity index (χ2n) is 4.75. The second kappa shape index (κ2) is 8.67. The number of benzene rings is 1. The zero-order valence-electron chi connectivity index (χ0n) is 13.0. The van der Waals surface area contributed by atoms with Crippen molar-refractivity contribution in [3.05, 3.63) is 55.1 Å². The van der Waals surface area contributed by atoms with Crippen LogP contribution in [0.2, 0.25) is 0 Å². The Hall–Kier alpha value is -2.56. The fourth-order valence-electron chi connectivity index (χ4n) is 1.95. The van der Waals surface area contributed by atoms with Crippen molar-refractivity contribution >= 4 is 11.8 Å². The van der Waals surface area contributed by atoms with E-state index in [0.29, 0.717) is 24.4 Å². The van der Waals surface area contributed by atoms with Gasteiger partial charge in [-0.3, -0.25) is 9.59 Å². The SMILES string of the molecule is C=CCN(CC=C)C(=O)C(C)NC(=O)c1cccc(OC)c1. The number of carbonyl (C=O) groups is 2. The van der Waals surface area contributed by atoms with Crippen LogP contribution in [-0.2, 0) is 4.79 Å². The van der Waals surface area contributed by atoms with Gasteiger partial charge in [0.05, 0.1) is 7.11 Å². The Kier molecular flexibility index (Phi) is 6.89. The Morgan fingerprint density at radius 2 is 1.95 bits per heavy atom. The molecule has 1 N–H and O–H groups in total. The third kappa shape index (κ3) is 4.77. The van der Waals surface area contributed by atoms with Gasteiger partial charge in [0.2, 0.25) is 5.91 Å². The molecule has 1 unspecified atom stereocenters. The van der Waals surface area contributed by atoms with Gasteiger partial charge in [-0.25, -0.2) is 0 Å². The molecule has 1 atom stereocenters. The van der Waals surface area contributed by atoms with E-state index < -0.39 is 6.04 Å². The van der Waals surface area contributed by atoms with E-state index in [0.717, 1.165) is 0 Å². The van der Waals surface area contributed by atoms with Crippen molar-refractivity contribution in [1.82, 2.24) is 10.2 Å². The highest BCUT2D eigenvalue weighted by Crippen LogP contribution is 2.12. The molecule has 1 aromatic carbocycles. The number of amides is 2. The number of hydrogen-bond donors (Lipinski definition) is 1. The summed E-state index contributed by atoms with van der Waals surface area (Å²) in [7, 11) is 1.53. The number of nitrogens with zero attached hydrogens (tertiary/aromatic N) is 1. The molecule has 0 aromatic heterocycles. The third-order valence-electron chi connectivity index (χ3n) is 3.06. The number of carbonyl (C=O) groups excluding carboxylic acids is 2. The van der Waals surface area contributed by atoms with Gasteiger partial charge in [0.15, 0.2) is 0 Å². The van der Waals surface area contributed by atoms with E-state index in [1.165, 1.54) is 7.11 Å². The van der Waals surface area contributed by atoms with Crippen LogP contribution in [0.25, 0.3) is 0 Å². The van der Waals surface area contributed by atoms with Gasteiger partial charge in [-0.05, 0) is 25.1 Å². The summed E-state index contributed by atoms with van der Waals surface area (Å²) < 4.78 is 5.08. The summed E-state index contributed by atoms with van der Waals surface area (Å²) in [6.07, 6.45) is 3.27. The molecule has 118 valence electrons. The first kappa shape index (κ1) is 17.5. The summed E-state index contributed by atoms with van der Waals surface area (Å²) in [5.74, 6) is 0.0829. The molecule has 0 fully saturated rings. The first-order valence-electron chi connectivity index (χ1n) is 6.99. The Labute approximate surface area is 131 Å². The maximum absolute atomic E-state index is 12.3. The molecule has 0 aliphatic heterocycles. The minimum Gasteiger partial charge on any atom is -0.497 e. The summed E-state index contributed by atoms with van der Waals surface area (Å²) in [6.45, 7) is 9.71. The van der Waals surface area contributed by atoms with Gasteiger partial charge in [0, 0.05) is 18.7 Å². The van der Waals surface area contributed by atoms with Gasteiger partial charge in [-0.2, -0.15) is 0 Å². The minimum absolute atomic E-state index is 0.184. The van der Waals surface area contributed by atoms with Gasteiger partial charge >= 0.3 is 0 Å². The maximum atomic E-state index is 12.3. The van der Waals surface area contributed by atoms with E-state index in [2.05, 4.69) is 18.5 Å². The average Bonchev–Trinajstić information content (AvgIpc) is 2.53. The zero-order chi connectivity index (χ0) is 16.5. The lowest BCUT2D eigenvalue weighted by Crippen LogP contribution is -2.47. The van der Waals surface area contributed by atoms with Crippen molar-refractivity contribution in [1.29, 1.82) is 0 Å². The molecule has 1 aromatic rings. The van der Waals surface area contributed by atoms with Gasteiger partial charge in [0.25, 0.3) is 5.91 Å². The molecule has 1 rings (SSSR count). The lowest BCUT2D eigenvalue weighted by molar-refractivity contribution is -0.131. The van der Waals surface area contributed by atoms with Gasteiger partial charge in [0.1, 0.15) is 11.8 Å². The summed E-state index contributed by atoms with van der Waals surface area (Å²) >= 11 is 0. The van der Waals surface area contributed by atoms with E-state index in [4.69, 9.17) is 4.74 Å². The predicted molar refractivity (Wildman–Crippen MR) is 86.9 cm³/mol. The quantitative estimate of drug-likeness (QED) is 0.747. The lowest BCUT2D eigenvalue weighted by atomic mass is 10.2. The van der Waals surface area contributed by atoms with Crippen LogP contribution < -0.4 is 10.1 Å². The van der Waals surface area contributed by atoms with E-state index in [1.807, 2.05) is 0 Å². The summed E-state index contributed by atoms with van der Waals surface area (Å²) in [5, 5.41) is 2.69. The molecule has 5 heteroatoms. The summed E-state index contributed by atoms with van der Waals surface area (Å²) in [4.78, 5) is 26.1. The first-order chi connectivity index (χ1) is 10.5. The second-order valence-corrected chi connectivity index (χ2v) is 4.75. The molecule has 2 amide bonds. The largest absolute Gasteiger partial charge is 0.497 e. The fourth-order valence-corrected chi connectivity index (χ4v) is 1.95. The van der Waals surface area contributed by atoms with Crippen LogP contribution in [0.15, 0.2) is 49.6 Å². The van der Waals surface area contributed by atoms with E-state index in [1.54, 1.807) is 48.2 Å². The molecule has 0 saturated carbocycles. The molecule has 0 spiro atoms. The van der Waals surface area contributed by atoms with E-state index in [-0.39, 0.29) is 11.8 Å². The molecule has 22 heavy (non-hydrogen) atoms. The first-order valence-corrected chi connectivity index (χ1v) is 6.99. The standard InChI is InChI=1S/C17H22N2O3/c1-5-10-19(11-6-2)17(21)13(3)18-16(20)14-8-7-9-15(12-14)22-4/h5-9,12-13H,1-2,10-11H2,3-4H3,(H,18,20). The summed E-state index contributed by atoms with van der Waals surface area (Å²) in [5.41, 5.74) is 0.443. The van der Waals surface area contributed by atoms with E-state index >= 15 is 0 Å². The number of hydrogen-bond acceptors (Lipinski definition) is 3. The normalized spacial score (nSPS) is 11.2. The van der Waals surface area contributed by atoms with Crippen molar-refractivity contribution in [3.8, 4) is 5.75 Å². The molecule has 0 bridgehead atoms. The Morgan fingerprint density at radius 1 is 1.32 bits per heavy atom. The van der Waals surface area contributed by atoms with Gasteiger partial charge in [-0.15, -0.1) is 13.2 Å². The summed E-state index contributed by atoms with van der Waals surface area (Å²) in [6, 6.07) is 6.12. The minimum atomic E-state index is -0.640. The van der Waals surface area contributed by atoms with Gasteiger partial charge in [-0.1, -0.05) is 18.2 Å². The van der Waals surface area contributed by atoms with Crippen molar-refractivity contribution in [2.45, 2.75) is 13.0 Å². The molecule has 0 heterocycles. The van der Waals surface area contributed by atoms with Crippen LogP contribution in [0.1, 0.15) is 17.3 Å². The predicted octanol–water partition coefficient (Wildman–Crippen LogP) is 2.01. The van der Waals surface area contributed by atoms with Crippen molar-refractivity contribution in [2.75, 3.05) is 20.2 Å². The molecule has 0 radical (unpaired) electrons. The third-order valence-corrected chi connectivity index (χ3v) is 3.06. The van der Waals surface area contributed by atoms with Crippen LogP contribution in [0.4, 0.5) is 0 Å². The number of methoxy groups -OCH3 is 1. The van der Waals surface area contributed by atoms with Crippen LogP contribution in [-0.4, -0.2) is 43.0 Å². The lowest BCUT2D eigenvalue weighted by Gasteiger charge is -2.23. The van der Waals surface area contributed by atoms with Crippen LogP contribution >= 0.6 is 0 Å². The van der Waals surface area contributed by atoms with E-state index in [9.17, 15) is 9.59 Å². The molecule has 5 nitrogen and oxygen atoms in total. The molecule has 0 saturated heterocycles. The Balaban J connectivity index is 2.74. The zero-order valence-corrected chi connectivity index (χ0v) is 13.0. The van der Waals surface area contributed by atoms with Crippen molar-refractivity contribution < 1.29 is 14.3 Å². The highest BCUT2D eigenvalue weighted by atomic mass is 16.5. The monoisotopic (exact) mass is 302 g/mol. The van der Waals surface area contributed by atoms with Crippen molar-refractivity contribution in [3.63, 3.8) is 0 Å².